The van der Waals surface area contributed by atoms with Gasteiger partial charge < -0.3 is 11.5 Å². The predicted octanol–water partition coefficient (Wildman–Crippen LogP) is 4.87. The van der Waals surface area contributed by atoms with Crippen molar-refractivity contribution in [2.24, 2.45) is 0 Å². The van der Waals surface area contributed by atoms with Crippen molar-refractivity contribution in [3.63, 3.8) is 0 Å². The number of pyridine rings is 2. The van der Waals surface area contributed by atoms with Crippen molar-refractivity contribution in [2.75, 3.05) is 11.5 Å². The normalized spacial score (nSPS) is 13.5. The fraction of sp³-hybridized carbons (Fsp3) is 0.500. The minimum Gasteiger partial charge on any atom is -0.398 e. The summed E-state index contributed by atoms with van der Waals surface area (Å²) in [5.41, 5.74) is 15.7. The molecule has 142 valence electrons. The van der Waals surface area contributed by atoms with Gasteiger partial charge in [0, 0.05) is 62.3 Å². The van der Waals surface area contributed by atoms with Crippen molar-refractivity contribution in [2.45, 2.75) is 62.3 Å². The summed E-state index contributed by atoms with van der Waals surface area (Å²) in [5.74, 6) is 0. The predicted molar refractivity (Wildman–Crippen MR) is 115 cm³/mol. The molecule has 2 aromatic heterocycles. The maximum atomic E-state index is 5.83. The average molecular weight is 486 g/mol. The van der Waals surface area contributed by atoms with Crippen LogP contribution in [0.3, 0.4) is 0 Å². The van der Waals surface area contributed by atoms with Gasteiger partial charge in [-0.05, 0) is 44.7 Å². The van der Waals surface area contributed by atoms with E-state index in [2.05, 4.69) is 67.2 Å². The number of rotatable bonds is 9. The number of unbranched alkanes of at least 4 members (excludes halogenated alkanes) is 3. The van der Waals surface area contributed by atoms with E-state index >= 15 is 0 Å². The second-order valence-electron chi connectivity index (χ2n) is 6.88. The number of hydrogen-bond acceptors (Lipinski definition) is 2. The average Bonchev–Trinajstić information content (AvgIpc) is 2.57. The van der Waals surface area contributed by atoms with E-state index in [1.165, 1.54) is 37.1 Å². The number of hydrogen-bond donors (Lipinski definition) is 2. The largest absolute Gasteiger partial charge is 0.398 e. The Morgan fingerprint density at radius 1 is 0.769 bits per heavy atom. The summed E-state index contributed by atoms with van der Waals surface area (Å²) in [5, 5.41) is 0. The molecule has 2 heterocycles. The summed E-state index contributed by atoms with van der Waals surface area (Å²) in [7, 11) is 0. The van der Waals surface area contributed by atoms with E-state index in [-0.39, 0.29) is 0 Å². The lowest BCUT2D eigenvalue weighted by Crippen LogP contribution is -2.39. The maximum absolute atomic E-state index is 5.83. The highest BCUT2D eigenvalue weighted by Crippen LogP contribution is 2.21. The van der Waals surface area contributed by atoms with Gasteiger partial charge in [-0.15, -0.1) is 0 Å². The lowest BCUT2D eigenvalue weighted by molar-refractivity contribution is -0.704. The molecule has 0 aromatic carbocycles. The van der Waals surface area contributed by atoms with E-state index in [9.17, 15) is 0 Å². The number of halogens is 2. The molecule has 2 atom stereocenters. The molecule has 0 spiro atoms. The second kappa shape index (κ2) is 10.3. The Morgan fingerprint density at radius 2 is 1.15 bits per heavy atom. The lowest BCUT2D eigenvalue weighted by Gasteiger charge is -2.10. The number of nitrogens with two attached hydrogens (primary N) is 2. The van der Waals surface area contributed by atoms with Gasteiger partial charge >= 0.3 is 0 Å². The van der Waals surface area contributed by atoms with Crippen LogP contribution in [0.2, 0.25) is 0 Å². The van der Waals surface area contributed by atoms with Crippen LogP contribution in [-0.4, -0.2) is 0 Å². The van der Waals surface area contributed by atoms with Crippen molar-refractivity contribution >= 4 is 43.2 Å². The summed E-state index contributed by atoms with van der Waals surface area (Å²) >= 11 is 7.60. The van der Waals surface area contributed by atoms with Crippen LogP contribution < -0.4 is 20.6 Å². The van der Waals surface area contributed by atoms with Gasteiger partial charge in [-0.1, -0.05) is 12.8 Å². The van der Waals surface area contributed by atoms with Crippen LogP contribution in [0, 0.1) is 13.8 Å². The van der Waals surface area contributed by atoms with Crippen molar-refractivity contribution in [3.8, 4) is 0 Å². The molecule has 2 unspecified atom stereocenters. The van der Waals surface area contributed by atoms with Gasteiger partial charge in [-0.25, -0.2) is 0 Å². The fourth-order valence-corrected chi connectivity index (χ4v) is 4.75. The van der Waals surface area contributed by atoms with Crippen molar-refractivity contribution < 1.29 is 9.13 Å². The third kappa shape index (κ3) is 6.23. The van der Waals surface area contributed by atoms with Crippen molar-refractivity contribution in [3.05, 3.63) is 48.0 Å². The van der Waals surface area contributed by atoms with Crippen LogP contribution in [0.5, 0.6) is 0 Å². The summed E-state index contributed by atoms with van der Waals surface area (Å²) in [4.78, 5) is 0.667. The summed E-state index contributed by atoms with van der Waals surface area (Å²) in [6.07, 6.45) is 11.3. The molecule has 2 rings (SSSR count). The zero-order chi connectivity index (χ0) is 19.1. The smallest absolute Gasteiger partial charge is 0.212 e. The summed E-state index contributed by atoms with van der Waals surface area (Å²) in [6, 6.07) is 7.94. The SMILES string of the molecule is Cc1cc(N)cc[n+]1C(Br)CCCCCCC(Br)[n+]1ccc(N)cc1C. The molecule has 0 aliphatic carbocycles. The van der Waals surface area contributed by atoms with Gasteiger partial charge in [0.05, 0.1) is 0 Å². The van der Waals surface area contributed by atoms with E-state index in [4.69, 9.17) is 11.5 Å². The maximum Gasteiger partial charge on any atom is 0.212 e. The van der Waals surface area contributed by atoms with Gasteiger partial charge in [-0.2, -0.15) is 9.13 Å². The third-order valence-electron chi connectivity index (χ3n) is 4.66. The second-order valence-corrected chi connectivity index (χ2v) is 8.99. The van der Waals surface area contributed by atoms with Crippen LogP contribution in [-0.2, 0) is 0 Å². The van der Waals surface area contributed by atoms with Crippen LogP contribution in [0.15, 0.2) is 36.7 Å². The first-order valence-corrected chi connectivity index (χ1v) is 11.0. The standard InChI is InChI=1S/C20H28Br2N4/c1-15-13-17(23)9-11-25(15)19(21)7-5-3-4-6-8-20(22)26-12-10-18(24)14-16(26)2/h9-14,19-20,23-24H,3-8H2,1-2H3/p+2. The Kier molecular flexibility index (Phi) is 8.35. The Bertz CT molecular complexity index is 659. The summed E-state index contributed by atoms with van der Waals surface area (Å²) in [6.45, 7) is 4.19. The number of aryl methyl sites for hydroxylation is 2. The minimum atomic E-state index is 0.333. The van der Waals surface area contributed by atoms with E-state index in [1.807, 2.05) is 24.3 Å². The highest BCUT2D eigenvalue weighted by molar-refractivity contribution is 9.09. The molecule has 0 saturated heterocycles. The van der Waals surface area contributed by atoms with E-state index < -0.39 is 0 Å². The van der Waals surface area contributed by atoms with Crippen LogP contribution in [0.1, 0.15) is 59.8 Å². The molecule has 0 bridgehead atoms. The Hall–Kier alpha value is -1.14. The molecule has 2 aromatic rings. The molecule has 6 heteroatoms. The van der Waals surface area contributed by atoms with Crippen LogP contribution in [0.4, 0.5) is 11.4 Å². The summed E-state index contributed by atoms with van der Waals surface area (Å²) < 4.78 is 4.48. The molecule has 0 amide bonds. The third-order valence-corrected chi connectivity index (χ3v) is 6.46. The van der Waals surface area contributed by atoms with Gasteiger partial charge in [-0.3, -0.25) is 0 Å². The molecular weight excluding hydrogens is 456 g/mol. The van der Waals surface area contributed by atoms with E-state index in [1.54, 1.807) is 0 Å². The zero-order valence-electron chi connectivity index (χ0n) is 15.7. The Morgan fingerprint density at radius 3 is 1.50 bits per heavy atom. The number of anilines is 2. The Labute approximate surface area is 173 Å². The number of nitrogen functional groups attached to an aromatic ring is 2. The zero-order valence-corrected chi connectivity index (χ0v) is 18.8. The molecular formula is C20H30Br2N4+2. The van der Waals surface area contributed by atoms with Gasteiger partial charge in [0.15, 0.2) is 23.8 Å². The number of nitrogens with zero attached hydrogens (tertiary/aromatic N) is 2. The minimum absolute atomic E-state index is 0.333. The van der Waals surface area contributed by atoms with Crippen LogP contribution >= 0.6 is 31.9 Å². The highest BCUT2D eigenvalue weighted by Gasteiger charge is 2.18. The molecule has 4 N–H and O–H groups in total. The highest BCUT2D eigenvalue weighted by atomic mass is 79.9. The van der Waals surface area contributed by atoms with Gasteiger partial charge in [0.2, 0.25) is 9.90 Å². The fourth-order valence-electron chi connectivity index (χ4n) is 3.18. The molecule has 4 nitrogen and oxygen atoms in total. The first-order chi connectivity index (χ1) is 12.4. The van der Waals surface area contributed by atoms with Crippen molar-refractivity contribution in [1.29, 1.82) is 0 Å². The van der Waals surface area contributed by atoms with Crippen molar-refractivity contribution in [1.82, 2.24) is 0 Å². The Balaban J connectivity index is 1.67. The molecule has 26 heavy (non-hydrogen) atoms. The first-order valence-electron chi connectivity index (χ1n) is 9.21. The lowest BCUT2D eigenvalue weighted by atomic mass is 10.1. The molecule has 0 saturated carbocycles. The van der Waals surface area contributed by atoms with E-state index in [0.29, 0.717) is 9.90 Å². The quantitative estimate of drug-likeness (QED) is 0.302. The van der Waals surface area contributed by atoms with Gasteiger partial charge in [0.1, 0.15) is 0 Å². The molecule has 0 fully saturated rings. The molecule has 0 aliphatic rings. The topological polar surface area (TPSA) is 59.8 Å². The van der Waals surface area contributed by atoms with E-state index in [0.717, 1.165) is 24.2 Å². The molecule has 0 radical (unpaired) electrons. The molecule has 0 aliphatic heterocycles. The van der Waals surface area contributed by atoms with Gasteiger partial charge in [0.25, 0.3) is 0 Å². The number of alkyl halides is 2. The van der Waals surface area contributed by atoms with Crippen LogP contribution in [0.25, 0.3) is 0 Å². The number of aromatic nitrogens is 2. The monoisotopic (exact) mass is 484 g/mol. The first kappa shape index (κ1) is 21.2.